The second kappa shape index (κ2) is 6.23. The molecule has 0 spiro atoms. The van der Waals surface area contributed by atoms with Crippen LogP contribution in [-0.4, -0.2) is 16.3 Å². The molecule has 0 radical (unpaired) electrons. The minimum Gasteiger partial charge on any atom is -0.330 e. The summed E-state index contributed by atoms with van der Waals surface area (Å²) >= 11 is 0. The van der Waals surface area contributed by atoms with Crippen molar-refractivity contribution in [3.05, 3.63) is 53.9 Å². The minimum atomic E-state index is -0.0164. The third kappa shape index (κ3) is 2.93. The van der Waals surface area contributed by atoms with Crippen LogP contribution in [0.3, 0.4) is 0 Å². The molecular weight excluding hydrogens is 246 g/mol. The number of rotatable bonds is 6. The van der Waals surface area contributed by atoms with Crippen LogP contribution in [0.1, 0.15) is 44.5 Å². The molecule has 0 saturated heterocycles. The number of hydrogen-bond donors (Lipinski definition) is 1. The van der Waals surface area contributed by atoms with E-state index < -0.39 is 0 Å². The van der Waals surface area contributed by atoms with Crippen LogP contribution in [0, 0.1) is 0 Å². The van der Waals surface area contributed by atoms with Crippen molar-refractivity contribution in [1.29, 1.82) is 0 Å². The summed E-state index contributed by atoms with van der Waals surface area (Å²) in [5.41, 5.74) is 8.54. The Bertz CT molecular complexity index is 524. The summed E-state index contributed by atoms with van der Waals surface area (Å²) in [5.74, 6) is 0. The molecule has 3 heteroatoms. The van der Waals surface area contributed by atoms with E-state index in [0.29, 0.717) is 12.6 Å². The smallest absolute Gasteiger partial charge is 0.0634 e. The summed E-state index contributed by atoms with van der Waals surface area (Å²) in [7, 11) is 0. The van der Waals surface area contributed by atoms with Crippen LogP contribution < -0.4 is 5.73 Å². The van der Waals surface area contributed by atoms with Gasteiger partial charge in [-0.15, -0.1) is 0 Å². The van der Waals surface area contributed by atoms with Gasteiger partial charge in [0.05, 0.1) is 5.69 Å². The predicted octanol–water partition coefficient (Wildman–Crippen LogP) is 3.31. The van der Waals surface area contributed by atoms with Crippen molar-refractivity contribution in [3.8, 4) is 0 Å². The highest BCUT2D eigenvalue weighted by atomic mass is 15.3. The molecule has 1 heterocycles. The summed E-state index contributed by atoms with van der Waals surface area (Å²) < 4.78 is 2.01. The van der Waals surface area contributed by atoms with Gasteiger partial charge in [-0.25, -0.2) is 0 Å². The molecule has 1 unspecified atom stereocenters. The molecule has 0 fully saturated rings. The Morgan fingerprint density at radius 1 is 1.20 bits per heavy atom. The van der Waals surface area contributed by atoms with Crippen molar-refractivity contribution >= 4 is 0 Å². The molecule has 2 rings (SSSR count). The Morgan fingerprint density at radius 2 is 1.90 bits per heavy atom. The van der Waals surface area contributed by atoms with Gasteiger partial charge in [-0.2, -0.15) is 5.10 Å². The maximum absolute atomic E-state index is 6.13. The molecule has 0 aliphatic heterocycles. The molecule has 1 atom stereocenters. The Hall–Kier alpha value is -1.61. The van der Waals surface area contributed by atoms with E-state index >= 15 is 0 Å². The highest BCUT2D eigenvalue weighted by Crippen LogP contribution is 2.30. The van der Waals surface area contributed by atoms with Crippen LogP contribution >= 0.6 is 0 Å². The van der Waals surface area contributed by atoms with Crippen LogP contribution in [0.25, 0.3) is 0 Å². The lowest BCUT2D eigenvalue weighted by Gasteiger charge is -2.31. The molecule has 3 nitrogen and oxygen atoms in total. The molecule has 0 aliphatic carbocycles. The van der Waals surface area contributed by atoms with E-state index in [4.69, 9.17) is 5.73 Å². The first-order chi connectivity index (χ1) is 9.61. The third-order valence-corrected chi connectivity index (χ3v) is 4.17. The summed E-state index contributed by atoms with van der Waals surface area (Å²) in [4.78, 5) is 0. The Morgan fingerprint density at radius 3 is 2.40 bits per heavy atom. The van der Waals surface area contributed by atoms with Crippen molar-refractivity contribution in [2.45, 2.75) is 45.1 Å². The molecule has 2 aromatic rings. The lowest BCUT2D eigenvalue weighted by molar-refractivity contribution is 0.409. The highest BCUT2D eigenvalue weighted by Gasteiger charge is 2.30. The molecule has 0 amide bonds. The monoisotopic (exact) mass is 271 g/mol. The fourth-order valence-corrected chi connectivity index (χ4v) is 2.66. The molecule has 20 heavy (non-hydrogen) atoms. The average molecular weight is 271 g/mol. The fourth-order valence-electron chi connectivity index (χ4n) is 2.66. The maximum Gasteiger partial charge on any atom is 0.0634 e. The van der Waals surface area contributed by atoms with Crippen LogP contribution in [0.2, 0.25) is 0 Å². The van der Waals surface area contributed by atoms with Gasteiger partial charge in [-0.1, -0.05) is 37.3 Å². The average Bonchev–Trinajstić information content (AvgIpc) is 2.94. The molecular formula is C17H25N3. The summed E-state index contributed by atoms with van der Waals surface area (Å²) in [5, 5.41) is 4.68. The minimum absolute atomic E-state index is 0.0164. The number of hydrogen-bond acceptors (Lipinski definition) is 2. The van der Waals surface area contributed by atoms with E-state index in [1.165, 1.54) is 5.56 Å². The SMILES string of the molecule is CCC(CN)(Cc1ccn(C(C)C)n1)c1ccccc1. The third-order valence-electron chi connectivity index (χ3n) is 4.17. The van der Waals surface area contributed by atoms with E-state index in [1.807, 2.05) is 10.7 Å². The zero-order valence-corrected chi connectivity index (χ0v) is 12.7. The van der Waals surface area contributed by atoms with Crippen LogP contribution in [0.15, 0.2) is 42.6 Å². The van der Waals surface area contributed by atoms with Crippen LogP contribution in [0.5, 0.6) is 0 Å². The lowest BCUT2D eigenvalue weighted by Crippen LogP contribution is -2.37. The van der Waals surface area contributed by atoms with Gasteiger partial charge < -0.3 is 5.73 Å². The van der Waals surface area contributed by atoms with Gasteiger partial charge in [0.15, 0.2) is 0 Å². The Kier molecular flexibility index (Phi) is 4.61. The van der Waals surface area contributed by atoms with Crippen molar-refractivity contribution < 1.29 is 0 Å². The summed E-state index contributed by atoms with van der Waals surface area (Å²) in [6.45, 7) is 7.13. The van der Waals surface area contributed by atoms with Crippen LogP contribution in [-0.2, 0) is 11.8 Å². The largest absolute Gasteiger partial charge is 0.330 e. The van der Waals surface area contributed by atoms with E-state index in [-0.39, 0.29) is 5.41 Å². The van der Waals surface area contributed by atoms with Gasteiger partial charge in [0, 0.05) is 30.6 Å². The van der Waals surface area contributed by atoms with E-state index in [2.05, 4.69) is 62.4 Å². The van der Waals surface area contributed by atoms with Gasteiger partial charge >= 0.3 is 0 Å². The van der Waals surface area contributed by atoms with Gasteiger partial charge in [-0.05, 0) is 31.9 Å². The Balaban J connectivity index is 2.29. The first kappa shape index (κ1) is 14.8. The lowest BCUT2D eigenvalue weighted by atomic mass is 9.74. The first-order valence-corrected chi connectivity index (χ1v) is 7.41. The molecule has 0 saturated carbocycles. The van der Waals surface area contributed by atoms with E-state index in [9.17, 15) is 0 Å². The predicted molar refractivity (Wildman–Crippen MR) is 83.8 cm³/mol. The maximum atomic E-state index is 6.13. The zero-order valence-electron chi connectivity index (χ0n) is 12.7. The first-order valence-electron chi connectivity index (χ1n) is 7.41. The molecule has 2 N–H and O–H groups in total. The van der Waals surface area contributed by atoms with Crippen molar-refractivity contribution in [2.75, 3.05) is 6.54 Å². The standard InChI is InChI=1S/C17H25N3/c1-4-17(13-18,15-8-6-5-7-9-15)12-16-10-11-20(19-16)14(2)3/h5-11,14H,4,12-13,18H2,1-3H3. The van der Waals surface area contributed by atoms with Crippen molar-refractivity contribution in [3.63, 3.8) is 0 Å². The number of aromatic nitrogens is 2. The van der Waals surface area contributed by atoms with E-state index in [1.54, 1.807) is 0 Å². The topological polar surface area (TPSA) is 43.8 Å². The zero-order chi connectivity index (χ0) is 14.6. The van der Waals surface area contributed by atoms with Gasteiger partial charge in [0.2, 0.25) is 0 Å². The van der Waals surface area contributed by atoms with Gasteiger partial charge in [-0.3, -0.25) is 4.68 Å². The van der Waals surface area contributed by atoms with Crippen molar-refractivity contribution in [1.82, 2.24) is 9.78 Å². The highest BCUT2D eigenvalue weighted by molar-refractivity contribution is 5.28. The summed E-state index contributed by atoms with van der Waals surface area (Å²) in [6.07, 6.45) is 3.97. The summed E-state index contributed by atoms with van der Waals surface area (Å²) in [6, 6.07) is 13.1. The quantitative estimate of drug-likeness (QED) is 0.876. The van der Waals surface area contributed by atoms with E-state index in [0.717, 1.165) is 18.5 Å². The van der Waals surface area contributed by atoms with Gasteiger partial charge in [0.1, 0.15) is 0 Å². The molecule has 1 aromatic heterocycles. The molecule has 108 valence electrons. The van der Waals surface area contributed by atoms with Crippen molar-refractivity contribution in [2.24, 2.45) is 5.73 Å². The van der Waals surface area contributed by atoms with Gasteiger partial charge in [0.25, 0.3) is 0 Å². The normalized spacial score (nSPS) is 14.4. The fraction of sp³-hybridized carbons (Fsp3) is 0.471. The number of nitrogens with zero attached hydrogens (tertiary/aromatic N) is 2. The number of nitrogens with two attached hydrogens (primary N) is 1. The number of benzene rings is 1. The molecule has 1 aromatic carbocycles. The van der Waals surface area contributed by atoms with Crippen LogP contribution in [0.4, 0.5) is 0 Å². The second-order valence-corrected chi connectivity index (χ2v) is 5.76. The second-order valence-electron chi connectivity index (χ2n) is 5.76. The molecule has 0 bridgehead atoms. The Labute approximate surface area is 121 Å². The molecule has 0 aliphatic rings.